The van der Waals surface area contributed by atoms with Crippen molar-refractivity contribution in [3.05, 3.63) is 84.4 Å². The monoisotopic (exact) mass is 593 g/mol. The van der Waals surface area contributed by atoms with E-state index in [1.807, 2.05) is 12.1 Å². The summed E-state index contributed by atoms with van der Waals surface area (Å²) in [5.74, 6) is 0.453. The second-order valence-electron chi connectivity index (χ2n) is 10.4. The molecule has 0 saturated heterocycles. The smallest absolute Gasteiger partial charge is 0.264 e. The lowest BCUT2D eigenvalue weighted by Gasteiger charge is -2.33. The summed E-state index contributed by atoms with van der Waals surface area (Å²) < 4.78 is 39.3. The van der Waals surface area contributed by atoms with Crippen molar-refractivity contribution in [1.29, 1.82) is 0 Å². The number of benzene rings is 3. The molecule has 1 aliphatic rings. The van der Waals surface area contributed by atoms with Gasteiger partial charge in [0.25, 0.3) is 10.0 Å². The van der Waals surface area contributed by atoms with Crippen LogP contribution >= 0.6 is 0 Å². The number of ether oxygens (including phenoxy) is 2. The second kappa shape index (κ2) is 14.2. The Hall–Kier alpha value is -4.05. The molecule has 10 heteroatoms. The van der Waals surface area contributed by atoms with Crippen molar-refractivity contribution in [2.45, 2.75) is 62.6 Å². The molecule has 224 valence electrons. The van der Waals surface area contributed by atoms with Crippen LogP contribution in [0.3, 0.4) is 0 Å². The standard InChI is InChI=1S/C32H39N3O6S/c1-24(32(37)33-26-10-6-4-7-11-26)34(22-25-14-18-28(40-2)19-15-25)31(36)23-35(27-16-20-29(41-3)21-17-27)42(38,39)30-12-8-5-9-13-30/h5,8-9,12-21,24,26H,4,6-7,10-11,22-23H2,1-3H3,(H,33,37)/t24-/m1/s1. The highest BCUT2D eigenvalue weighted by Gasteiger charge is 2.33. The Labute approximate surface area is 248 Å². The topological polar surface area (TPSA) is 105 Å². The minimum atomic E-state index is -4.12. The lowest BCUT2D eigenvalue weighted by Crippen LogP contribution is -2.53. The van der Waals surface area contributed by atoms with E-state index in [1.54, 1.807) is 68.6 Å². The number of anilines is 1. The minimum absolute atomic E-state index is 0.0541. The van der Waals surface area contributed by atoms with E-state index >= 15 is 0 Å². The van der Waals surface area contributed by atoms with Crippen molar-refractivity contribution >= 4 is 27.5 Å². The number of nitrogens with zero attached hydrogens (tertiary/aromatic N) is 2. The van der Waals surface area contributed by atoms with Gasteiger partial charge in [-0.25, -0.2) is 8.42 Å². The SMILES string of the molecule is COc1ccc(CN(C(=O)CN(c2ccc(OC)cc2)S(=O)(=O)c2ccccc2)[C@H](C)C(=O)NC2CCCCC2)cc1. The molecule has 1 saturated carbocycles. The van der Waals surface area contributed by atoms with Gasteiger partial charge in [0.2, 0.25) is 11.8 Å². The Bertz CT molecular complexity index is 1420. The van der Waals surface area contributed by atoms with Crippen molar-refractivity contribution in [3.63, 3.8) is 0 Å². The molecular weight excluding hydrogens is 554 g/mol. The first-order valence-electron chi connectivity index (χ1n) is 14.2. The highest BCUT2D eigenvalue weighted by atomic mass is 32.2. The average Bonchev–Trinajstić information content (AvgIpc) is 3.03. The number of amides is 2. The zero-order valence-electron chi connectivity index (χ0n) is 24.4. The Morgan fingerprint density at radius 3 is 2.00 bits per heavy atom. The van der Waals surface area contributed by atoms with Crippen molar-refractivity contribution < 1.29 is 27.5 Å². The fraction of sp³-hybridized carbons (Fsp3) is 0.375. The zero-order valence-corrected chi connectivity index (χ0v) is 25.2. The molecule has 1 atom stereocenters. The van der Waals surface area contributed by atoms with E-state index in [-0.39, 0.29) is 23.4 Å². The van der Waals surface area contributed by atoms with Crippen LogP contribution in [0.15, 0.2) is 83.8 Å². The number of sulfonamides is 1. The number of hydrogen-bond donors (Lipinski definition) is 1. The first-order chi connectivity index (χ1) is 20.2. The number of carbonyl (C=O) groups excluding carboxylic acids is 2. The molecule has 1 fully saturated rings. The van der Waals surface area contributed by atoms with Crippen LogP contribution < -0.4 is 19.1 Å². The maximum atomic E-state index is 14.1. The van der Waals surface area contributed by atoms with Gasteiger partial charge in [-0.05, 0) is 73.9 Å². The Balaban J connectivity index is 1.66. The third-order valence-electron chi connectivity index (χ3n) is 7.60. The van der Waals surface area contributed by atoms with Crippen molar-refractivity contribution in [2.75, 3.05) is 25.1 Å². The van der Waals surface area contributed by atoms with Crippen LogP contribution in [0.5, 0.6) is 11.5 Å². The highest BCUT2D eigenvalue weighted by Crippen LogP contribution is 2.27. The van der Waals surface area contributed by atoms with Gasteiger partial charge >= 0.3 is 0 Å². The van der Waals surface area contributed by atoms with E-state index in [1.165, 1.54) is 24.1 Å². The first kappa shape index (κ1) is 30.9. The normalized spacial score (nSPS) is 14.5. The van der Waals surface area contributed by atoms with E-state index in [9.17, 15) is 18.0 Å². The molecule has 0 aromatic heterocycles. The summed E-state index contributed by atoms with van der Waals surface area (Å²) in [5.41, 5.74) is 1.08. The Kier molecular flexibility index (Phi) is 10.5. The quantitative estimate of drug-likeness (QED) is 0.325. The second-order valence-corrected chi connectivity index (χ2v) is 12.3. The lowest BCUT2D eigenvalue weighted by molar-refractivity contribution is -0.139. The molecule has 0 spiro atoms. The molecule has 0 aliphatic heterocycles. The number of hydrogen-bond acceptors (Lipinski definition) is 6. The molecule has 3 aromatic rings. The van der Waals surface area contributed by atoms with Crippen LogP contribution in [-0.4, -0.2) is 58.0 Å². The number of carbonyl (C=O) groups is 2. The summed E-state index contributed by atoms with van der Waals surface area (Å²) in [6.45, 7) is 1.30. The zero-order chi connectivity index (χ0) is 30.1. The van der Waals surface area contributed by atoms with Gasteiger partial charge in [0.1, 0.15) is 24.1 Å². The Morgan fingerprint density at radius 1 is 0.857 bits per heavy atom. The molecule has 4 rings (SSSR count). The number of rotatable bonds is 12. The van der Waals surface area contributed by atoms with Crippen LogP contribution in [0.2, 0.25) is 0 Å². The van der Waals surface area contributed by atoms with Crippen molar-refractivity contribution in [3.8, 4) is 11.5 Å². The van der Waals surface area contributed by atoms with E-state index < -0.39 is 28.5 Å². The maximum Gasteiger partial charge on any atom is 0.264 e. The molecule has 0 radical (unpaired) electrons. The largest absolute Gasteiger partial charge is 0.497 e. The van der Waals surface area contributed by atoms with Gasteiger partial charge in [0.15, 0.2) is 0 Å². The van der Waals surface area contributed by atoms with Crippen LogP contribution in [0, 0.1) is 0 Å². The van der Waals surface area contributed by atoms with Crippen molar-refractivity contribution in [1.82, 2.24) is 10.2 Å². The summed E-state index contributed by atoms with van der Waals surface area (Å²) in [5, 5.41) is 3.11. The Morgan fingerprint density at radius 2 is 1.43 bits per heavy atom. The van der Waals surface area contributed by atoms with Crippen LogP contribution in [-0.2, 0) is 26.2 Å². The van der Waals surface area contributed by atoms with Gasteiger partial charge in [-0.1, -0.05) is 49.6 Å². The van der Waals surface area contributed by atoms with Crippen LogP contribution in [0.1, 0.15) is 44.6 Å². The van der Waals surface area contributed by atoms with Gasteiger partial charge < -0.3 is 19.7 Å². The summed E-state index contributed by atoms with van der Waals surface area (Å²) in [6, 6.07) is 20.9. The van der Waals surface area contributed by atoms with Crippen LogP contribution in [0.25, 0.3) is 0 Å². The number of methoxy groups -OCH3 is 2. The van der Waals surface area contributed by atoms with E-state index in [0.717, 1.165) is 42.0 Å². The summed E-state index contributed by atoms with van der Waals surface area (Å²) in [6.07, 6.45) is 5.09. The summed E-state index contributed by atoms with van der Waals surface area (Å²) in [4.78, 5) is 29.0. The fourth-order valence-corrected chi connectivity index (χ4v) is 6.51. The predicted molar refractivity (Wildman–Crippen MR) is 162 cm³/mol. The fourth-order valence-electron chi connectivity index (χ4n) is 5.08. The summed E-state index contributed by atoms with van der Waals surface area (Å²) in [7, 11) is -1.03. The molecule has 2 amide bonds. The molecule has 3 aromatic carbocycles. The molecule has 42 heavy (non-hydrogen) atoms. The molecule has 0 heterocycles. The first-order valence-corrected chi connectivity index (χ1v) is 15.6. The highest BCUT2D eigenvalue weighted by molar-refractivity contribution is 7.92. The van der Waals surface area contributed by atoms with E-state index in [4.69, 9.17) is 9.47 Å². The predicted octanol–water partition coefficient (Wildman–Crippen LogP) is 4.77. The number of nitrogens with one attached hydrogen (secondary N) is 1. The molecular formula is C32H39N3O6S. The maximum absolute atomic E-state index is 14.1. The lowest BCUT2D eigenvalue weighted by atomic mass is 9.95. The third kappa shape index (κ3) is 7.61. The molecule has 1 N–H and O–H groups in total. The van der Waals surface area contributed by atoms with Gasteiger partial charge in [-0.3, -0.25) is 13.9 Å². The van der Waals surface area contributed by atoms with E-state index in [0.29, 0.717) is 17.2 Å². The molecule has 1 aliphatic carbocycles. The van der Waals surface area contributed by atoms with Gasteiger partial charge in [0, 0.05) is 12.6 Å². The van der Waals surface area contributed by atoms with E-state index in [2.05, 4.69) is 5.32 Å². The van der Waals surface area contributed by atoms with Gasteiger partial charge in [0.05, 0.1) is 24.8 Å². The molecule has 0 unspecified atom stereocenters. The molecule has 9 nitrogen and oxygen atoms in total. The van der Waals surface area contributed by atoms with Crippen LogP contribution in [0.4, 0.5) is 5.69 Å². The van der Waals surface area contributed by atoms with Gasteiger partial charge in [-0.15, -0.1) is 0 Å². The minimum Gasteiger partial charge on any atom is -0.497 e. The molecule has 0 bridgehead atoms. The average molecular weight is 594 g/mol. The van der Waals surface area contributed by atoms with Crippen molar-refractivity contribution in [2.24, 2.45) is 0 Å². The summed E-state index contributed by atoms with van der Waals surface area (Å²) >= 11 is 0. The van der Waals surface area contributed by atoms with Gasteiger partial charge in [-0.2, -0.15) is 0 Å². The third-order valence-corrected chi connectivity index (χ3v) is 9.39.